The number of fused-ring (bicyclic) bond motifs is 1. The number of aryl methyl sites for hydroxylation is 1. The highest BCUT2D eigenvalue weighted by molar-refractivity contribution is 6.32. The first-order valence-electron chi connectivity index (χ1n) is 5.83. The van der Waals surface area contributed by atoms with Gasteiger partial charge in [0.2, 0.25) is 0 Å². The number of aliphatic carboxylic acids is 1. The van der Waals surface area contributed by atoms with Crippen molar-refractivity contribution < 1.29 is 9.90 Å². The Morgan fingerprint density at radius 1 is 1.61 bits per heavy atom. The molecule has 1 N–H and O–H groups in total. The summed E-state index contributed by atoms with van der Waals surface area (Å²) >= 11 is 6.16. The minimum atomic E-state index is -0.915. The van der Waals surface area contributed by atoms with Crippen LogP contribution >= 0.6 is 11.6 Å². The minimum Gasteiger partial charge on any atom is -0.478 e. The molecule has 1 aliphatic rings. The van der Waals surface area contributed by atoms with Crippen molar-refractivity contribution in [3.63, 3.8) is 0 Å². The largest absolute Gasteiger partial charge is 0.478 e. The second kappa shape index (κ2) is 4.98. The normalized spacial score (nSPS) is 16.5. The summed E-state index contributed by atoms with van der Waals surface area (Å²) in [5, 5.41) is 13.8. The van der Waals surface area contributed by atoms with Crippen LogP contribution in [0.25, 0.3) is 5.57 Å². The molecule has 0 aliphatic carbocycles. The Bertz CT molecular complexity index is 555. The van der Waals surface area contributed by atoms with Gasteiger partial charge in [-0.1, -0.05) is 17.2 Å². The summed E-state index contributed by atoms with van der Waals surface area (Å²) in [6.07, 6.45) is 5.21. The van der Waals surface area contributed by atoms with Crippen LogP contribution < -0.4 is 0 Å². The van der Waals surface area contributed by atoms with E-state index in [0.29, 0.717) is 10.6 Å². The van der Waals surface area contributed by atoms with E-state index in [2.05, 4.69) is 5.10 Å². The SMILES string of the molecule is CC1=C(/C=C(\C)C(=O)O)c2c(Cl)cnn2CCC1. The van der Waals surface area contributed by atoms with Gasteiger partial charge < -0.3 is 5.11 Å². The first-order valence-corrected chi connectivity index (χ1v) is 6.21. The van der Waals surface area contributed by atoms with E-state index in [1.54, 1.807) is 19.2 Å². The van der Waals surface area contributed by atoms with Crippen molar-refractivity contribution in [2.24, 2.45) is 0 Å². The molecule has 0 radical (unpaired) electrons. The van der Waals surface area contributed by atoms with Crippen LogP contribution in [0.4, 0.5) is 0 Å². The average molecular weight is 267 g/mol. The predicted octanol–water partition coefficient (Wildman–Crippen LogP) is 3.13. The van der Waals surface area contributed by atoms with E-state index >= 15 is 0 Å². The molecule has 2 rings (SSSR count). The van der Waals surface area contributed by atoms with Gasteiger partial charge in [-0.05, 0) is 32.8 Å². The first-order chi connectivity index (χ1) is 8.50. The molecule has 0 bridgehead atoms. The number of nitrogens with zero attached hydrogens (tertiary/aromatic N) is 2. The Morgan fingerprint density at radius 3 is 3.00 bits per heavy atom. The van der Waals surface area contributed by atoms with Crippen LogP contribution in [0.2, 0.25) is 5.02 Å². The van der Waals surface area contributed by atoms with Gasteiger partial charge in [0.1, 0.15) is 0 Å². The molecule has 0 unspecified atom stereocenters. The van der Waals surface area contributed by atoms with E-state index in [4.69, 9.17) is 16.7 Å². The highest BCUT2D eigenvalue weighted by atomic mass is 35.5. The van der Waals surface area contributed by atoms with Gasteiger partial charge in [-0.3, -0.25) is 4.68 Å². The van der Waals surface area contributed by atoms with Gasteiger partial charge >= 0.3 is 5.97 Å². The maximum Gasteiger partial charge on any atom is 0.331 e. The molecule has 2 heterocycles. The standard InChI is InChI=1S/C13H15ClN2O2/c1-8-4-3-5-16-12(11(14)7-15-16)10(8)6-9(2)13(17)18/h6-7H,3-5H2,1-2H3,(H,17,18)/b9-6+. The minimum absolute atomic E-state index is 0.301. The van der Waals surface area contributed by atoms with Crippen LogP contribution in [0.1, 0.15) is 32.4 Å². The van der Waals surface area contributed by atoms with Gasteiger partial charge in [0.05, 0.1) is 16.9 Å². The highest BCUT2D eigenvalue weighted by Gasteiger charge is 2.18. The Labute approximate surface area is 111 Å². The fraction of sp³-hybridized carbons (Fsp3) is 0.385. The van der Waals surface area contributed by atoms with Crippen LogP contribution in [0, 0.1) is 0 Å². The van der Waals surface area contributed by atoms with Gasteiger partial charge in [0.15, 0.2) is 0 Å². The number of carbonyl (C=O) groups is 1. The van der Waals surface area contributed by atoms with Crippen molar-refractivity contribution in [2.75, 3.05) is 0 Å². The fourth-order valence-electron chi connectivity index (χ4n) is 2.10. The van der Waals surface area contributed by atoms with E-state index < -0.39 is 5.97 Å². The Balaban J connectivity index is 2.58. The highest BCUT2D eigenvalue weighted by Crippen LogP contribution is 2.32. The van der Waals surface area contributed by atoms with E-state index in [1.807, 2.05) is 11.6 Å². The van der Waals surface area contributed by atoms with Crippen molar-refractivity contribution >= 4 is 23.1 Å². The molecule has 0 fully saturated rings. The topological polar surface area (TPSA) is 55.1 Å². The van der Waals surface area contributed by atoms with Crippen molar-refractivity contribution in [1.29, 1.82) is 0 Å². The van der Waals surface area contributed by atoms with E-state index in [9.17, 15) is 4.79 Å². The van der Waals surface area contributed by atoms with E-state index in [0.717, 1.165) is 36.2 Å². The number of hydrogen-bond donors (Lipinski definition) is 1. The van der Waals surface area contributed by atoms with Crippen molar-refractivity contribution in [3.05, 3.63) is 34.1 Å². The van der Waals surface area contributed by atoms with Gasteiger partial charge in [-0.15, -0.1) is 0 Å². The lowest BCUT2D eigenvalue weighted by molar-refractivity contribution is -0.132. The zero-order valence-corrected chi connectivity index (χ0v) is 11.2. The molecule has 4 nitrogen and oxygen atoms in total. The van der Waals surface area contributed by atoms with Crippen molar-refractivity contribution in [2.45, 2.75) is 33.2 Å². The van der Waals surface area contributed by atoms with E-state index in [1.165, 1.54) is 0 Å². The third-order valence-electron chi connectivity index (χ3n) is 3.13. The maximum absolute atomic E-state index is 11.0. The molecular formula is C13H15ClN2O2. The number of carboxylic acid groups (broad SMARTS) is 1. The van der Waals surface area contributed by atoms with E-state index in [-0.39, 0.29) is 0 Å². The van der Waals surface area contributed by atoms with Crippen LogP contribution in [0.5, 0.6) is 0 Å². The average Bonchev–Trinajstić information content (AvgIpc) is 2.58. The molecule has 0 amide bonds. The van der Waals surface area contributed by atoms with Crippen molar-refractivity contribution in [3.8, 4) is 0 Å². The monoisotopic (exact) mass is 266 g/mol. The number of rotatable bonds is 2. The summed E-state index contributed by atoms with van der Waals surface area (Å²) in [7, 11) is 0. The summed E-state index contributed by atoms with van der Waals surface area (Å²) in [5.41, 5.74) is 3.16. The second-order valence-electron chi connectivity index (χ2n) is 4.49. The molecular weight excluding hydrogens is 252 g/mol. The number of halogens is 1. The zero-order chi connectivity index (χ0) is 13.3. The predicted molar refractivity (Wildman–Crippen MR) is 70.5 cm³/mol. The quantitative estimate of drug-likeness (QED) is 0.837. The van der Waals surface area contributed by atoms with Gasteiger partial charge in [-0.2, -0.15) is 5.10 Å². The Kier molecular flexibility index (Phi) is 3.57. The summed E-state index contributed by atoms with van der Waals surface area (Å²) in [4.78, 5) is 11.0. The molecule has 96 valence electrons. The first kappa shape index (κ1) is 12.9. The number of carboxylic acids is 1. The molecule has 0 atom stereocenters. The summed E-state index contributed by atoms with van der Waals surface area (Å²) < 4.78 is 1.85. The van der Waals surface area contributed by atoms with Crippen LogP contribution in [0.15, 0.2) is 23.4 Å². The molecule has 0 saturated heterocycles. The number of aromatic nitrogens is 2. The molecule has 1 aromatic rings. The van der Waals surface area contributed by atoms with Gasteiger partial charge in [0, 0.05) is 17.7 Å². The number of allylic oxidation sites excluding steroid dienone is 3. The van der Waals surface area contributed by atoms with Crippen LogP contribution in [0.3, 0.4) is 0 Å². The molecule has 1 aliphatic heterocycles. The smallest absolute Gasteiger partial charge is 0.331 e. The molecule has 0 saturated carbocycles. The summed E-state index contributed by atoms with van der Waals surface area (Å²) in [6, 6.07) is 0. The lowest BCUT2D eigenvalue weighted by Crippen LogP contribution is -2.03. The fourth-order valence-corrected chi connectivity index (χ4v) is 2.34. The Morgan fingerprint density at radius 2 is 2.33 bits per heavy atom. The zero-order valence-electron chi connectivity index (χ0n) is 10.4. The molecule has 1 aromatic heterocycles. The summed E-state index contributed by atoms with van der Waals surface area (Å²) in [6.45, 7) is 4.41. The third kappa shape index (κ3) is 2.34. The molecule has 5 heteroatoms. The lowest BCUT2D eigenvalue weighted by Gasteiger charge is -2.07. The van der Waals surface area contributed by atoms with Crippen LogP contribution in [-0.4, -0.2) is 20.9 Å². The third-order valence-corrected chi connectivity index (χ3v) is 3.41. The Hall–Kier alpha value is -1.55. The van der Waals surface area contributed by atoms with Gasteiger partial charge in [-0.25, -0.2) is 4.79 Å². The number of hydrogen-bond acceptors (Lipinski definition) is 2. The molecule has 0 aromatic carbocycles. The molecule has 0 spiro atoms. The van der Waals surface area contributed by atoms with Crippen molar-refractivity contribution in [1.82, 2.24) is 9.78 Å². The van der Waals surface area contributed by atoms with Gasteiger partial charge in [0.25, 0.3) is 0 Å². The lowest BCUT2D eigenvalue weighted by atomic mass is 10.0. The van der Waals surface area contributed by atoms with Crippen LogP contribution in [-0.2, 0) is 11.3 Å². The molecule has 18 heavy (non-hydrogen) atoms. The summed E-state index contributed by atoms with van der Waals surface area (Å²) in [5.74, 6) is -0.915. The maximum atomic E-state index is 11.0. The second-order valence-corrected chi connectivity index (χ2v) is 4.90.